The molecule has 3 nitrogen and oxygen atoms in total. The van der Waals surface area contributed by atoms with Crippen molar-refractivity contribution < 1.29 is 28.2 Å². The van der Waals surface area contributed by atoms with Crippen molar-refractivity contribution in [3.63, 3.8) is 0 Å². The van der Waals surface area contributed by atoms with Gasteiger partial charge >= 0.3 is 6.18 Å². The molecule has 0 aliphatic carbocycles. The topological polar surface area (TPSA) is 60.4 Å². The molecule has 0 amide bonds. The number of aliphatic hydroxyl groups is 1. The summed E-state index contributed by atoms with van der Waals surface area (Å²) in [4.78, 5) is 10.2. The Morgan fingerprint density at radius 1 is 1.40 bits per heavy atom. The number of carbonyl (C=O) groups is 1. The van der Waals surface area contributed by atoms with Crippen LogP contribution in [0.2, 0.25) is 0 Å². The number of hydrogen-bond donors (Lipinski definition) is 1. The van der Waals surface area contributed by atoms with E-state index in [4.69, 9.17) is 5.11 Å². The van der Waals surface area contributed by atoms with Crippen LogP contribution in [0.15, 0.2) is 24.3 Å². The molecule has 0 spiro atoms. The zero-order chi connectivity index (χ0) is 11.6. The predicted octanol–water partition coefficient (Wildman–Crippen LogP) is 0.489. The molecule has 0 unspecified atom stereocenters. The van der Waals surface area contributed by atoms with Crippen molar-refractivity contribution in [1.29, 1.82) is 0 Å². The first-order valence-electron chi connectivity index (χ1n) is 3.88. The molecule has 0 aliphatic heterocycles. The lowest BCUT2D eigenvalue weighted by Gasteiger charge is -2.14. The number of halogens is 3. The zero-order valence-electron chi connectivity index (χ0n) is 7.28. The Morgan fingerprint density at radius 2 is 2.00 bits per heavy atom. The number of aliphatic carboxylic acids is 1. The smallest absolute Gasteiger partial charge is 0.416 e. The van der Waals surface area contributed by atoms with Crippen molar-refractivity contribution in [2.24, 2.45) is 0 Å². The van der Waals surface area contributed by atoms with Gasteiger partial charge in [0.25, 0.3) is 0 Å². The molecule has 82 valence electrons. The number of carbonyl (C=O) groups excluding carboxylic acids is 1. The second-order valence-electron chi connectivity index (χ2n) is 2.84. The van der Waals surface area contributed by atoms with E-state index in [2.05, 4.69) is 0 Å². The van der Waals surface area contributed by atoms with E-state index in [9.17, 15) is 23.1 Å². The van der Waals surface area contributed by atoms with Crippen molar-refractivity contribution in [3.05, 3.63) is 35.4 Å². The van der Waals surface area contributed by atoms with Crippen LogP contribution in [0.25, 0.3) is 0 Å². The molecule has 0 aromatic heterocycles. The standard InChI is InChI=1S/C9H7F3O3/c10-9(11,12)6-3-1-2-5(4-6)7(13)8(14)15/h1-4,7,13H,(H,14,15)/p-1/t7-/m1/s1. The van der Waals surface area contributed by atoms with E-state index >= 15 is 0 Å². The Balaban J connectivity index is 3.08. The molecule has 1 aromatic carbocycles. The molecule has 0 saturated carbocycles. The van der Waals surface area contributed by atoms with Crippen molar-refractivity contribution in [3.8, 4) is 0 Å². The van der Waals surface area contributed by atoms with E-state index in [1.807, 2.05) is 0 Å². The normalized spacial score (nSPS) is 13.6. The summed E-state index contributed by atoms with van der Waals surface area (Å²) in [5, 5.41) is 19.2. The van der Waals surface area contributed by atoms with Crippen molar-refractivity contribution >= 4 is 5.97 Å². The van der Waals surface area contributed by atoms with E-state index in [0.717, 1.165) is 18.2 Å². The summed E-state index contributed by atoms with van der Waals surface area (Å²) in [5.74, 6) is -1.84. The molecule has 0 radical (unpaired) electrons. The molecule has 15 heavy (non-hydrogen) atoms. The maximum atomic E-state index is 12.2. The molecular formula is C9H6F3O3-. The van der Waals surface area contributed by atoms with Crippen molar-refractivity contribution in [2.45, 2.75) is 12.3 Å². The predicted molar refractivity (Wildman–Crippen MR) is 41.4 cm³/mol. The third kappa shape index (κ3) is 2.69. The minimum absolute atomic E-state index is 0.357. The molecule has 1 rings (SSSR count). The monoisotopic (exact) mass is 219 g/mol. The third-order valence-electron chi connectivity index (χ3n) is 1.75. The molecular weight excluding hydrogens is 213 g/mol. The number of alkyl halides is 3. The number of aliphatic hydroxyl groups excluding tert-OH is 1. The van der Waals surface area contributed by atoms with Gasteiger partial charge in [-0.3, -0.25) is 0 Å². The summed E-state index contributed by atoms with van der Waals surface area (Å²) in [5.41, 5.74) is -1.37. The van der Waals surface area contributed by atoms with Crippen LogP contribution in [0.1, 0.15) is 17.2 Å². The molecule has 1 aromatic rings. The summed E-state index contributed by atoms with van der Waals surface area (Å²) >= 11 is 0. The van der Waals surface area contributed by atoms with Crippen LogP contribution < -0.4 is 5.11 Å². The average molecular weight is 219 g/mol. The Labute approximate surface area is 82.8 Å². The molecule has 1 atom stereocenters. The Hall–Kier alpha value is -1.56. The van der Waals surface area contributed by atoms with Crippen molar-refractivity contribution in [2.75, 3.05) is 0 Å². The van der Waals surface area contributed by atoms with Gasteiger partial charge in [-0.2, -0.15) is 13.2 Å². The van der Waals surface area contributed by atoms with Crippen LogP contribution in [0, 0.1) is 0 Å². The van der Waals surface area contributed by atoms with Gasteiger partial charge in [0.05, 0.1) is 11.5 Å². The second kappa shape index (κ2) is 3.90. The van der Waals surface area contributed by atoms with Gasteiger partial charge in [0.2, 0.25) is 0 Å². The highest BCUT2D eigenvalue weighted by Gasteiger charge is 2.30. The van der Waals surface area contributed by atoms with Gasteiger partial charge in [0.1, 0.15) is 6.10 Å². The van der Waals surface area contributed by atoms with Crippen LogP contribution >= 0.6 is 0 Å². The Bertz CT molecular complexity index is 373. The first-order valence-corrected chi connectivity index (χ1v) is 3.88. The highest BCUT2D eigenvalue weighted by molar-refractivity contribution is 5.71. The van der Waals surface area contributed by atoms with Crippen LogP contribution in [0.3, 0.4) is 0 Å². The lowest BCUT2D eigenvalue weighted by atomic mass is 10.1. The van der Waals surface area contributed by atoms with Gasteiger partial charge < -0.3 is 15.0 Å². The number of carboxylic acids is 1. The zero-order valence-corrected chi connectivity index (χ0v) is 7.28. The van der Waals surface area contributed by atoms with Gasteiger partial charge in [-0.1, -0.05) is 12.1 Å². The first kappa shape index (κ1) is 11.5. The lowest BCUT2D eigenvalue weighted by Crippen LogP contribution is -2.29. The molecule has 6 heteroatoms. The second-order valence-corrected chi connectivity index (χ2v) is 2.84. The number of rotatable bonds is 2. The quantitative estimate of drug-likeness (QED) is 0.787. The highest BCUT2D eigenvalue weighted by Crippen LogP contribution is 2.30. The molecule has 1 N–H and O–H groups in total. The molecule has 0 saturated heterocycles. The minimum atomic E-state index is -4.57. The largest absolute Gasteiger partial charge is 0.547 e. The van der Waals surface area contributed by atoms with Crippen molar-refractivity contribution in [1.82, 2.24) is 0 Å². The Kier molecular flexibility index (Phi) is 2.99. The third-order valence-corrected chi connectivity index (χ3v) is 1.75. The lowest BCUT2D eigenvalue weighted by molar-refractivity contribution is -0.315. The van der Waals surface area contributed by atoms with Gasteiger partial charge in [0.15, 0.2) is 0 Å². The van der Waals surface area contributed by atoms with E-state index in [1.54, 1.807) is 0 Å². The maximum Gasteiger partial charge on any atom is 0.416 e. The summed E-state index contributed by atoms with van der Waals surface area (Å²) in [6.45, 7) is 0. The Morgan fingerprint density at radius 3 is 2.47 bits per heavy atom. The summed E-state index contributed by atoms with van der Waals surface area (Å²) < 4.78 is 36.6. The number of benzene rings is 1. The van der Waals surface area contributed by atoms with E-state index < -0.39 is 23.8 Å². The van der Waals surface area contributed by atoms with Gasteiger partial charge in [-0.25, -0.2) is 0 Å². The van der Waals surface area contributed by atoms with Gasteiger partial charge in [-0.05, 0) is 17.7 Å². The van der Waals surface area contributed by atoms with Crippen LogP contribution in [0.5, 0.6) is 0 Å². The average Bonchev–Trinajstić information content (AvgIpc) is 2.15. The summed E-state index contributed by atoms with van der Waals surface area (Å²) in [6, 6.07) is 3.45. The fourth-order valence-corrected chi connectivity index (χ4v) is 1.02. The SMILES string of the molecule is O=C([O-])[C@H](O)c1cccc(C(F)(F)F)c1. The minimum Gasteiger partial charge on any atom is -0.547 e. The summed E-state index contributed by atoms with van der Waals surface area (Å²) in [6.07, 6.45) is -6.62. The van der Waals surface area contributed by atoms with Gasteiger partial charge in [-0.15, -0.1) is 0 Å². The van der Waals surface area contributed by atoms with Crippen LogP contribution in [-0.4, -0.2) is 11.1 Å². The van der Waals surface area contributed by atoms with E-state index in [-0.39, 0.29) is 5.56 Å². The maximum absolute atomic E-state index is 12.2. The highest BCUT2D eigenvalue weighted by atomic mass is 19.4. The van der Waals surface area contributed by atoms with Crippen LogP contribution in [-0.2, 0) is 11.0 Å². The summed E-state index contributed by atoms with van der Waals surface area (Å²) in [7, 11) is 0. The molecule has 0 bridgehead atoms. The molecule has 0 heterocycles. The fraction of sp³-hybridized carbons (Fsp3) is 0.222. The van der Waals surface area contributed by atoms with E-state index in [0.29, 0.717) is 6.07 Å². The van der Waals surface area contributed by atoms with E-state index in [1.165, 1.54) is 0 Å². The fourth-order valence-electron chi connectivity index (χ4n) is 1.02. The molecule has 0 aliphatic rings. The molecule has 0 fully saturated rings. The number of hydrogen-bond acceptors (Lipinski definition) is 3. The van der Waals surface area contributed by atoms with Crippen LogP contribution in [0.4, 0.5) is 13.2 Å². The number of carboxylic acid groups (broad SMARTS) is 1. The first-order chi connectivity index (χ1) is 6.82. The van der Waals surface area contributed by atoms with Gasteiger partial charge in [0, 0.05) is 0 Å².